The highest BCUT2D eigenvalue weighted by Gasteiger charge is 2.20. The van der Waals surface area contributed by atoms with Crippen molar-refractivity contribution in [2.75, 3.05) is 0 Å². The summed E-state index contributed by atoms with van der Waals surface area (Å²) in [7, 11) is 0. The van der Waals surface area contributed by atoms with Crippen LogP contribution in [-0.4, -0.2) is 9.91 Å². The number of nitrogens with zero attached hydrogens (tertiary/aromatic N) is 1. The number of fused-ring (bicyclic) bond motifs is 1. The highest BCUT2D eigenvalue weighted by molar-refractivity contribution is 5.95. The van der Waals surface area contributed by atoms with Gasteiger partial charge in [-0.1, -0.05) is 36.4 Å². The number of hydrogen-bond acceptors (Lipinski definition) is 2. The molecule has 1 N–H and O–H groups in total. The standard InChI is InChI=1S/C14H10N2O2/c17-16(18)14-12(10-4-2-1-3-5-10)7-6-11-8-9-15-13(11)14/h1-9,15H. The zero-order chi connectivity index (χ0) is 12.5. The first-order valence-electron chi connectivity index (χ1n) is 5.57. The van der Waals surface area contributed by atoms with Crippen LogP contribution in [0.1, 0.15) is 0 Å². The molecule has 0 spiro atoms. The van der Waals surface area contributed by atoms with Gasteiger partial charge in [0, 0.05) is 11.6 Å². The number of nitro benzene ring substituents is 1. The van der Waals surface area contributed by atoms with E-state index in [1.54, 1.807) is 12.3 Å². The van der Waals surface area contributed by atoms with E-state index >= 15 is 0 Å². The molecule has 0 aliphatic carbocycles. The van der Waals surface area contributed by atoms with E-state index in [1.165, 1.54) is 0 Å². The highest BCUT2D eigenvalue weighted by Crippen LogP contribution is 2.35. The monoisotopic (exact) mass is 238 g/mol. The Morgan fingerprint density at radius 1 is 1.00 bits per heavy atom. The first-order valence-corrected chi connectivity index (χ1v) is 5.57. The zero-order valence-electron chi connectivity index (χ0n) is 9.46. The molecular formula is C14H10N2O2. The molecule has 4 nitrogen and oxygen atoms in total. The van der Waals surface area contributed by atoms with E-state index in [4.69, 9.17) is 0 Å². The third-order valence-corrected chi connectivity index (χ3v) is 2.97. The largest absolute Gasteiger partial charge is 0.356 e. The second-order valence-electron chi connectivity index (χ2n) is 4.03. The molecule has 0 saturated heterocycles. The van der Waals surface area contributed by atoms with Gasteiger partial charge in [-0.2, -0.15) is 0 Å². The topological polar surface area (TPSA) is 58.9 Å². The summed E-state index contributed by atoms with van der Waals surface area (Å²) in [4.78, 5) is 13.9. The Morgan fingerprint density at radius 2 is 1.78 bits per heavy atom. The molecule has 0 unspecified atom stereocenters. The Balaban J connectivity index is 2.35. The summed E-state index contributed by atoms with van der Waals surface area (Å²) in [5.74, 6) is 0. The van der Waals surface area contributed by atoms with E-state index in [-0.39, 0.29) is 10.6 Å². The third kappa shape index (κ3) is 1.55. The molecule has 88 valence electrons. The quantitative estimate of drug-likeness (QED) is 0.546. The van der Waals surface area contributed by atoms with Gasteiger partial charge >= 0.3 is 5.69 Å². The molecule has 3 rings (SSSR count). The minimum Gasteiger partial charge on any atom is -0.356 e. The molecule has 4 heteroatoms. The zero-order valence-corrected chi connectivity index (χ0v) is 9.46. The first-order chi connectivity index (χ1) is 8.77. The summed E-state index contributed by atoms with van der Waals surface area (Å²) in [6, 6.07) is 14.9. The maximum Gasteiger partial charge on any atom is 0.301 e. The van der Waals surface area contributed by atoms with Crippen molar-refractivity contribution in [3.8, 4) is 11.1 Å². The van der Waals surface area contributed by atoms with Crippen LogP contribution in [0.4, 0.5) is 5.69 Å². The molecule has 0 fully saturated rings. The molecule has 2 aromatic carbocycles. The van der Waals surface area contributed by atoms with E-state index in [2.05, 4.69) is 4.98 Å². The number of benzene rings is 2. The van der Waals surface area contributed by atoms with Crippen LogP contribution in [0.5, 0.6) is 0 Å². The van der Waals surface area contributed by atoms with Gasteiger partial charge in [0.25, 0.3) is 0 Å². The molecule has 0 aliphatic rings. The van der Waals surface area contributed by atoms with Crippen LogP contribution in [0.3, 0.4) is 0 Å². The number of nitrogens with one attached hydrogen (secondary N) is 1. The summed E-state index contributed by atoms with van der Waals surface area (Å²) in [6.45, 7) is 0. The predicted octanol–water partition coefficient (Wildman–Crippen LogP) is 3.74. The van der Waals surface area contributed by atoms with Gasteiger partial charge in [-0.05, 0) is 17.7 Å². The minimum atomic E-state index is -0.332. The summed E-state index contributed by atoms with van der Waals surface area (Å²) in [5.41, 5.74) is 2.18. The molecule has 0 bridgehead atoms. The predicted molar refractivity (Wildman–Crippen MR) is 70.4 cm³/mol. The highest BCUT2D eigenvalue weighted by atomic mass is 16.6. The molecule has 3 aromatic rings. The van der Waals surface area contributed by atoms with Gasteiger partial charge in [-0.15, -0.1) is 0 Å². The fraction of sp³-hybridized carbons (Fsp3) is 0. The maximum absolute atomic E-state index is 11.3. The minimum absolute atomic E-state index is 0.128. The van der Waals surface area contributed by atoms with E-state index in [1.807, 2.05) is 42.5 Å². The smallest absolute Gasteiger partial charge is 0.301 e. The van der Waals surface area contributed by atoms with Crippen LogP contribution in [-0.2, 0) is 0 Å². The fourth-order valence-corrected chi connectivity index (χ4v) is 2.15. The summed E-state index contributed by atoms with van der Waals surface area (Å²) in [5, 5.41) is 12.1. The molecule has 0 amide bonds. The molecule has 0 atom stereocenters. The van der Waals surface area contributed by atoms with Crippen molar-refractivity contribution in [1.82, 2.24) is 4.98 Å². The number of rotatable bonds is 2. The second-order valence-corrected chi connectivity index (χ2v) is 4.03. The molecule has 18 heavy (non-hydrogen) atoms. The van der Waals surface area contributed by atoms with Crippen molar-refractivity contribution in [1.29, 1.82) is 0 Å². The Hall–Kier alpha value is -2.62. The lowest BCUT2D eigenvalue weighted by molar-refractivity contribution is -0.382. The van der Waals surface area contributed by atoms with Crippen LogP contribution in [0.2, 0.25) is 0 Å². The van der Waals surface area contributed by atoms with E-state index < -0.39 is 0 Å². The van der Waals surface area contributed by atoms with Crippen molar-refractivity contribution < 1.29 is 4.92 Å². The van der Waals surface area contributed by atoms with E-state index in [9.17, 15) is 10.1 Å². The lowest BCUT2D eigenvalue weighted by Crippen LogP contribution is -1.93. The van der Waals surface area contributed by atoms with Crippen LogP contribution >= 0.6 is 0 Å². The molecule has 0 radical (unpaired) electrons. The van der Waals surface area contributed by atoms with E-state index in [0.29, 0.717) is 11.1 Å². The van der Waals surface area contributed by atoms with Crippen molar-refractivity contribution in [2.24, 2.45) is 0 Å². The molecule has 0 aliphatic heterocycles. The van der Waals surface area contributed by atoms with Crippen molar-refractivity contribution in [3.05, 3.63) is 64.8 Å². The van der Waals surface area contributed by atoms with Gasteiger partial charge in [0.1, 0.15) is 5.52 Å². The number of hydrogen-bond donors (Lipinski definition) is 1. The SMILES string of the molecule is O=[N+]([O-])c1c(-c2ccccc2)ccc2cc[nH]c12. The van der Waals surface area contributed by atoms with Gasteiger partial charge < -0.3 is 4.98 Å². The van der Waals surface area contributed by atoms with Crippen molar-refractivity contribution >= 4 is 16.6 Å². The lowest BCUT2D eigenvalue weighted by atomic mass is 10.0. The van der Waals surface area contributed by atoms with Gasteiger partial charge in [-0.3, -0.25) is 10.1 Å². The van der Waals surface area contributed by atoms with Gasteiger partial charge in [0.15, 0.2) is 0 Å². The van der Waals surface area contributed by atoms with Gasteiger partial charge in [0.05, 0.1) is 10.5 Å². The fourth-order valence-electron chi connectivity index (χ4n) is 2.15. The van der Waals surface area contributed by atoms with Crippen LogP contribution in [0.15, 0.2) is 54.7 Å². The number of aromatic amines is 1. The van der Waals surface area contributed by atoms with Crippen LogP contribution in [0, 0.1) is 10.1 Å². The van der Waals surface area contributed by atoms with E-state index in [0.717, 1.165) is 10.9 Å². The second kappa shape index (κ2) is 4.00. The van der Waals surface area contributed by atoms with Gasteiger partial charge in [0.2, 0.25) is 0 Å². The summed E-state index contributed by atoms with van der Waals surface area (Å²) in [6.07, 6.45) is 1.71. The Bertz CT molecular complexity index is 717. The molecule has 1 heterocycles. The average molecular weight is 238 g/mol. The summed E-state index contributed by atoms with van der Waals surface area (Å²) < 4.78 is 0. The molecule has 0 saturated carbocycles. The third-order valence-electron chi connectivity index (χ3n) is 2.97. The summed E-state index contributed by atoms with van der Waals surface area (Å²) >= 11 is 0. The van der Waals surface area contributed by atoms with Crippen molar-refractivity contribution in [2.45, 2.75) is 0 Å². The number of H-pyrrole nitrogens is 1. The number of nitro groups is 1. The first kappa shape index (κ1) is 10.5. The van der Waals surface area contributed by atoms with Gasteiger partial charge in [-0.25, -0.2) is 0 Å². The molecule has 1 aromatic heterocycles. The Kier molecular flexibility index (Phi) is 2.34. The normalized spacial score (nSPS) is 10.7. The van der Waals surface area contributed by atoms with Crippen molar-refractivity contribution in [3.63, 3.8) is 0 Å². The maximum atomic E-state index is 11.3. The molecular weight excluding hydrogens is 228 g/mol. The van der Waals surface area contributed by atoms with Crippen LogP contribution in [0.25, 0.3) is 22.0 Å². The van der Waals surface area contributed by atoms with Crippen LogP contribution < -0.4 is 0 Å². The Morgan fingerprint density at radius 3 is 2.50 bits per heavy atom. The average Bonchev–Trinajstić information content (AvgIpc) is 2.86. The number of aromatic nitrogens is 1. The lowest BCUT2D eigenvalue weighted by Gasteiger charge is -2.04. The Labute approximate surface area is 103 Å².